The van der Waals surface area contributed by atoms with Gasteiger partial charge in [-0.05, 0) is 25.5 Å². The molecule has 0 aliphatic heterocycles. The van der Waals surface area contributed by atoms with Crippen LogP contribution in [0.2, 0.25) is 0 Å². The summed E-state index contributed by atoms with van der Waals surface area (Å²) in [6, 6.07) is 8.99. The van der Waals surface area contributed by atoms with Crippen molar-refractivity contribution in [1.29, 1.82) is 0 Å². The fourth-order valence-corrected chi connectivity index (χ4v) is 2.16. The van der Waals surface area contributed by atoms with Crippen LogP contribution in [0.5, 0.6) is 0 Å². The Hall–Kier alpha value is -1.35. The van der Waals surface area contributed by atoms with E-state index >= 15 is 0 Å². The van der Waals surface area contributed by atoms with Gasteiger partial charge < -0.3 is 5.32 Å². The standard InChI is InChI=1S/C15H23N3/c1-13(2)16-10-6-3-7-11-18-15-9-5-4-8-14(15)12-17-18/h4-5,8-9,12-13,16H,3,6-7,10-11H2,1-2H3. The van der Waals surface area contributed by atoms with Gasteiger partial charge in [0.2, 0.25) is 0 Å². The molecule has 3 nitrogen and oxygen atoms in total. The Balaban J connectivity index is 1.74. The van der Waals surface area contributed by atoms with Crippen molar-refractivity contribution in [3.05, 3.63) is 30.5 Å². The van der Waals surface area contributed by atoms with Gasteiger partial charge >= 0.3 is 0 Å². The maximum absolute atomic E-state index is 4.44. The van der Waals surface area contributed by atoms with Gasteiger partial charge in [0.05, 0.1) is 11.7 Å². The highest BCUT2D eigenvalue weighted by Crippen LogP contribution is 2.13. The van der Waals surface area contributed by atoms with E-state index in [-0.39, 0.29) is 0 Å². The normalized spacial score (nSPS) is 11.5. The van der Waals surface area contributed by atoms with E-state index in [0.717, 1.165) is 13.1 Å². The molecule has 3 heteroatoms. The summed E-state index contributed by atoms with van der Waals surface area (Å²) in [6.45, 7) is 6.53. The lowest BCUT2D eigenvalue weighted by Crippen LogP contribution is -2.23. The number of aryl methyl sites for hydroxylation is 1. The second-order valence-electron chi connectivity index (χ2n) is 5.10. The zero-order chi connectivity index (χ0) is 12.8. The smallest absolute Gasteiger partial charge is 0.0682 e. The lowest BCUT2D eigenvalue weighted by Gasteiger charge is -2.07. The third-order valence-electron chi connectivity index (χ3n) is 3.15. The number of fused-ring (bicyclic) bond motifs is 1. The number of hydrogen-bond donors (Lipinski definition) is 1. The highest BCUT2D eigenvalue weighted by atomic mass is 15.3. The van der Waals surface area contributed by atoms with Crippen LogP contribution in [0.1, 0.15) is 33.1 Å². The monoisotopic (exact) mass is 245 g/mol. The van der Waals surface area contributed by atoms with Gasteiger partial charge in [0.25, 0.3) is 0 Å². The van der Waals surface area contributed by atoms with E-state index < -0.39 is 0 Å². The number of aromatic nitrogens is 2. The molecule has 0 amide bonds. The molecule has 0 fully saturated rings. The van der Waals surface area contributed by atoms with E-state index in [1.54, 1.807) is 0 Å². The van der Waals surface area contributed by atoms with E-state index in [0.29, 0.717) is 6.04 Å². The summed E-state index contributed by atoms with van der Waals surface area (Å²) in [5, 5.41) is 9.12. The van der Waals surface area contributed by atoms with Gasteiger partial charge in [-0.15, -0.1) is 0 Å². The van der Waals surface area contributed by atoms with E-state index in [2.05, 4.69) is 53.2 Å². The predicted molar refractivity (Wildman–Crippen MR) is 76.7 cm³/mol. The van der Waals surface area contributed by atoms with E-state index in [1.807, 2.05) is 6.20 Å². The minimum absolute atomic E-state index is 0.597. The molecule has 0 aliphatic carbocycles. The highest BCUT2D eigenvalue weighted by molar-refractivity contribution is 5.78. The molecular formula is C15H23N3. The molecule has 0 saturated carbocycles. The van der Waals surface area contributed by atoms with Gasteiger partial charge in [-0.1, -0.05) is 38.5 Å². The maximum atomic E-state index is 4.44. The van der Waals surface area contributed by atoms with Gasteiger partial charge in [-0.2, -0.15) is 5.10 Å². The first kappa shape index (κ1) is 13.1. The topological polar surface area (TPSA) is 29.9 Å². The zero-order valence-corrected chi connectivity index (χ0v) is 11.4. The summed E-state index contributed by atoms with van der Waals surface area (Å²) in [4.78, 5) is 0. The fraction of sp³-hybridized carbons (Fsp3) is 0.533. The van der Waals surface area contributed by atoms with Crippen LogP contribution in [0.25, 0.3) is 10.9 Å². The number of benzene rings is 1. The molecular weight excluding hydrogens is 222 g/mol. The van der Waals surface area contributed by atoms with E-state index in [9.17, 15) is 0 Å². The Labute approximate surface area is 109 Å². The summed E-state index contributed by atoms with van der Waals surface area (Å²) < 4.78 is 2.12. The van der Waals surface area contributed by atoms with Gasteiger partial charge in [0.15, 0.2) is 0 Å². The maximum Gasteiger partial charge on any atom is 0.0682 e. The molecule has 0 unspecified atom stereocenters. The lowest BCUT2D eigenvalue weighted by atomic mass is 10.2. The van der Waals surface area contributed by atoms with Crippen molar-refractivity contribution in [3.8, 4) is 0 Å². The minimum atomic E-state index is 0.597. The van der Waals surface area contributed by atoms with Crippen molar-refractivity contribution in [2.75, 3.05) is 6.54 Å². The number of para-hydroxylation sites is 1. The Morgan fingerprint density at radius 2 is 2.00 bits per heavy atom. The Kier molecular flexibility index (Phi) is 4.76. The largest absolute Gasteiger partial charge is 0.315 e. The zero-order valence-electron chi connectivity index (χ0n) is 11.4. The van der Waals surface area contributed by atoms with Crippen LogP contribution >= 0.6 is 0 Å². The van der Waals surface area contributed by atoms with Gasteiger partial charge in [-0.25, -0.2) is 0 Å². The molecule has 2 aromatic rings. The van der Waals surface area contributed by atoms with Gasteiger partial charge in [0, 0.05) is 18.0 Å². The molecule has 98 valence electrons. The SMILES string of the molecule is CC(C)NCCCCCn1ncc2ccccc21. The molecule has 2 rings (SSSR count). The van der Waals surface area contributed by atoms with Crippen molar-refractivity contribution in [1.82, 2.24) is 15.1 Å². The molecule has 1 aromatic carbocycles. The molecule has 1 heterocycles. The Bertz CT molecular complexity index is 473. The van der Waals surface area contributed by atoms with Crippen molar-refractivity contribution < 1.29 is 0 Å². The molecule has 0 atom stereocenters. The van der Waals surface area contributed by atoms with Crippen molar-refractivity contribution >= 4 is 10.9 Å². The first-order valence-electron chi connectivity index (χ1n) is 6.91. The fourth-order valence-electron chi connectivity index (χ4n) is 2.16. The quantitative estimate of drug-likeness (QED) is 0.759. The molecule has 1 aromatic heterocycles. The average molecular weight is 245 g/mol. The number of rotatable bonds is 7. The first-order valence-corrected chi connectivity index (χ1v) is 6.91. The second kappa shape index (κ2) is 6.55. The molecule has 0 saturated heterocycles. The summed E-state index contributed by atoms with van der Waals surface area (Å²) in [6.07, 6.45) is 5.66. The van der Waals surface area contributed by atoms with E-state index in [1.165, 1.54) is 30.2 Å². The molecule has 1 N–H and O–H groups in total. The van der Waals surface area contributed by atoms with Crippen LogP contribution in [0.3, 0.4) is 0 Å². The number of hydrogen-bond acceptors (Lipinski definition) is 2. The van der Waals surface area contributed by atoms with Crippen LogP contribution in [-0.2, 0) is 6.54 Å². The molecule has 0 radical (unpaired) electrons. The molecule has 0 spiro atoms. The Morgan fingerprint density at radius 3 is 2.83 bits per heavy atom. The summed E-state index contributed by atoms with van der Waals surface area (Å²) in [5.41, 5.74) is 1.25. The minimum Gasteiger partial charge on any atom is -0.315 e. The Morgan fingerprint density at radius 1 is 1.17 bits per heavy atom. The average Bonchev–Trinajstić information content (AvgIpc) is 2.77. The van der Waals surface area contributed by atoms with Crippen LogP contribution in [0.15, 0.2) is 30.5 Å². The number of unbranched alkanes of at least 4 members (excludes halogenated alkanes) is 2. The molecule has 0 bridgehead atoms. The van der Waals surface area contributed by atoms with Crippen molar-refractivity contribution in [2.45, 2.75) is 45.7 Å². The van der Waals surface area contributed by atoms with E-state index in [4.69, 9.17) is 0 Å². The third-order valence-corrected chi connectivity index (χ3v) is 3.15. The van der Waals surface area contributed by atoms with Gasteiger partial charge in [-0.3, -0.25) is 4.68 Å². The summed E-state index contributed by atoms with van der Waals surface area (Å²) in [5.74, 6) is 0. The second-order valence-corrected chi connectivity index (χ2v) is 5.10. The number of nitrogens with zero attached hydrogens (tertiary/aromatic N) is 2. The van der Waals surface area contributed by atoms with Crippen LogP contribution < -0.4 is 5.32 Å². The summed E-state index contributed by atoms with van der Waals surface area (Å²) in [7, 11) is 0. The summed E-state index contributed by atoms with van der Waals surface area (Å²) >= 11 is 0. The van der Waals surface area contributed by atoms with Crippen molar-refractivity contribution in [2.24, 2.45) is 0 Å². The van der Waals surface area contributed by atoms with Crippen LogP contribution in [0, 0.1) is 0 Å². The number of nitrogens with one attached hydrogen (secondary N) is 1. The first-order chi connectivity index (χ1) is 8.77. The van der Waals surface area contributed by atoms with Gasteiger partial charge in [0.1, 0.15) is 0 Å². The lowest BCUT2D eigenvalue weighted by molar-refractivity contribution is 0.517. The van der Waals surface area contributed by atoms with Crippen LogP contribution in [0.4, 0.5) is 0 Å². The van der Waals surface area contributed by atoms with Crippen molar-refractivity contribution in [3.63, 3.8) is 0 Å². The molecule has 0 aliphatic rings. The predicted octanol–water partition coefficient (Wildman–Crippen LogP) is 3.20. The molecule has 18 heavy (non-hydrogen) atoms. The third kappa shape index (κ3) is 3.57. The van der Waals surface area contributed by atoms with Crippen LogP contribution in [-0.4, -0.2) is 22.4 Å². The highest BCUT2D eigenvalue weighted by Gasteiger charge is 2.00.